The van der Waals surface area contributed by atoms with Gasteiger partial charge in [-0.1, -0.05) is 79.2 Å². The van der Waals surface area contributed by atoms with Crippen molar-refractivity contribution in [3.63, 3.8) is 0 Å². The molecule has 0 bridgehead atoms. The van der Waals surface area contributed by atoms with Gasteiger partial charge in [-0.2, -0.15) is 0 Å². The summed E-state index contributed by atoms with van der Waals surface area (Å²) < 4.78 is 0. The molecule has 10 heteroatoms. The average Bonchev–Trinajstić information content (AvgIpc) is 3.11. The number of nitrogens with zero attached hydrogens (tertiary/aromatic N) is 1. The smallest absolute Gasteiger partial charge is 0.315 e. The van der Waals surface area contributed by atoms with E-state index >= 15 is 0 Å². The first-order valence-corrected chi connectivity index (χ1v) is 17.9. The molecule has 5 amide bonds. The maximum atomic E-state index is 14.3. The fourth-order valence-corrected chi connectivity index (χ4v) is 6.67. The quantitative estimate of drug-likeness (QED) is 0.127. The van der Waals surface area contributed by atoms with Crippen LogP contribution in [0.3, 0.4) is 0 Å². The molecule has 0 saturated carbocycles. The van der Waals surface area contributed by atoms with Crippen molar-refractivity contribution in [3.05, 3.63) is 83.9 Å². The zero-order chi connectivity index (χ0) is 34.9. The minimum atomic E-state index is -0.818. The Morgan fingerprint density at radius 3 is 2.31 bits per heavy atom. The molecule has 49 heavy (non-hydrogen) atoms. The molecule has 1 aliphatic heterocycles. The second-order valence-corrected chi connectivity index (χ2v) is 13.2. The molecule has 1 fully saturated rings. The number of nitrogens with two attached hydrogens (primary N) is 1. The molecule has 1 aliphatic rings. The summed E-state index contributed by atoms with van der Waals surface area (Å²) in [4.78, 5) is 54.9. The van der Waals surface area contributed by atoms with Crippen molar-refractivity contribution in [2.45, 2.75) is 77.2 Å². The molecule has 1 unspecified atom stereocenters. The fraction of sp³-hybridized carbons (Fsp3) is 0.487. The van der Waals surface area contributed by atoms with E-state index in [4.69, 9.17) is 5.73 Å². The highest BCUT2D eigenvalue weighted by Crippen LogP contribution is 2.35. The number of nitrogens with one attached hydrogen (secondary N) is 4. The van der Waals surface area contributed by atoms with E-state index in [1.165, 1.54) is 0 Å². The van der Waals surface area contributed by atoms with Crippen molar-refractivity contribution in [1.29, 1.82) is 0 Å². The lowest BCUT2D eigenvalue weighted by Gasteiger charge is -2.43. The second-order valence-electron chi connectivity index (χ2n) is 13.2. The Hall–Kier alpha value is -4.44. The molecule has 1 heterocycles. The molecule has 1 saturated heterocycles. The van der Waals surface area contributed by atoms with Gasteiger partial charge in [-0.25, -0.2) is 4.79 Å². The lowest BCUT2D eigenvalue weighted by Crippen LogP contribution is -2.59. The third kappa shape index (κ3) is 11.6. The SMILES string of the molecule is CCNC(=O)[C@]1(Cc2ccccc2)CCCN(C(=O)C(Cc2ccc3ccccc3c2)NC(=O)NCCCCNC(=O)CCCCCN)C1. The van der Waals surface area contributed by atoms with Gasteiger partial charge >= 0.3 is 6.03 Å². The van der Waals surface area contributed by atoms with Crippen LogP contribution < -0.4 is 27.0 Å². The summed E-state index contributed by atoms with van der Waals surface area (Å²) in [6.45, 7) is 4.82. The van der Waals surface area contributed by atoms with E-state index in [-0.39, 0.29) is 24.3 Å². The van der Waals surface area contributed by atoms with Gasteiger partial charge in [0.15, 0.2) is 0 Å². The maximum absolute atomic E-state index is 14.3. The van der Waals surface area contributed by atoms with Crippen LogP contribution in [0, 0.1) is 5.41 Å². The molecular weight excluding hydrogens is 616 g/mol. The van der Waals surface area contributed by atoms with Crippen molar-refractivity contribution in [2.75, 3.05) is 39.3 Å². The summed E-state index contributed by atoms with van der Waals surface area (Å²) in [5.41, 5.74) is 6.73. The number of hydrogen-bond donors (Lipinski definition) is 5. The van der Waals surface area contributed by atoms with E-state index in [2.05, 4.69) is 27.3 Å². The van der Waals surface area contributed by atoms with Gasteiger partial charge in [-0.15, -0.1) is 0 Å². The van der Waals surface area contributed by atoms with Crippen molar-refractivity contribution >= 4 is 34.5 Å². The van der Waals surface area contributed by atoms with Gasteiger partial charge in [-0.05, 0) is 80.3 Å². The summed E-state index contributed by atoms with van der Waals surface area (Å²) >= 11 is 0. The van der Waals surface area contributed by atoms with Gasteiger partial charge in [0.25, 0.3) is 0 Å². The first-order chi connectivity index (χ1) is 23.8. The second kappa shape index (κ2) is 19.5. The standard InChI is InChI=1S/C39H54N6O4/c1-2-41-37(48)39(28-30-14-5-3-6-15-30)21-13-25-45(29-39)36(47)34(27-31-19-20-32-16-8-9-17-33(32)26-31)44-38(49)43-24-12-11-23-42-35(46)18-7-4-10-22-40/h3,5-6,8-9,14-17,19-20,26,34H,2,4,7,10-13,18,21-25,27-29,40H2,1H3,(H,41,48)(H,42,46)(H2,43,44,49)/t34?,39-/m0/s1. The number of amides is 5. The number of fused-ring (bicyclic) bond motifs is 1. The van der Waals surface area contributed by atoms with Crippen LogP contribution in [0.2, 0.25) is 0 Å². The Balaban J connectivity index is 1.41. The fourth-order valence-electron chi connectivity index (χ4n) is 6.67. The summed E-state index contributed by atoms with van der Waals surface area (Å²) in [5.74, 6) is -0.203. The molecule has 6 N–H and O–H groups in total. The first kappa shape index (κ1) is 37.4. The molecule has 264 valence electrons. The molecule has 3 aromatic carbocycles. The zero-order valence-electron chi connectivity index (χ0n) is 29.0. The van der Waals surface area contributed by atoms with Crippen molar-refractivity contribution in [2.24, 2.45) is 11.1 Å². The van der Waals surface area contributed by atoms with Gasteiger partial charge in [0.2, 0.25) is 17.7 Å². The number of hydrogen-bond acceptors (Lipinski definition) is 5. The van der Waals surface area contributed by atoms with Crippen LogP contribution >= 0.6 is 0 Å². The van der Waals surface area contributed by atoms with Crippen LogP contribution in [0.4, 0.5) is 4.79 Å². The minimum Gasteiger partial charge on any atom is -0.356 e. The Morgan fingerprint density at radius 1 is 0.816 bits per heavy atom. The van der Waals surface area contributed by atoms with Crippen molar-refractivity contribution in [1.82, 2.24) is 26.2 Å². The van der Waals surface area contributed by atoms with E-state index < -0.39 is 17.5 Å². The summed E-state index contributed by atoms with van der Waals surface area (Å²) in [6.07, 6.45) is 6.84. The molecule has 0 aromatic heterocycles. The molecule has 3 aromatic rings. The zero-order valence-corrected chi connectivity index (χ0v) is 29.0. The molecule has 0 spiro atoms. The maximum Gasteiger partial charge on any atom is 0.315 e. The van der Waals surface area contributed by atoms with Crippen molar-refractivity contribution in [3.8, 4) is 0 Å². The Bertz CT molecular complexity index is 1520. The monoisotopic (exact) mass is 670 g/mol. The highest BCUT2D eigenvalue weighted by atomic mass is 16.2. The van der Waals surface area contributed by atoms with Crippen LogP contribution in [-0.4, -0.2) is 74.0 Å². The van der Waals surface area contributed by atoms with Crippen LogP contribution in [0.1, 0.15) is 69.4 Å². The normalized spacial score (nSPS) is 16.5. The van der Waals surface area contributed by atoms with E-state index in [9.17, 15) is 19.2 Å². The van der Waals surface area contributed by atoms with Gasteiger partial charge < -0.3 is 31.9 Å². The number of carbonyl (C=O) groups excluding carboxylic acids is 4. The Morgan fingerprint density at radius 2 is 1.55 bits per heavy atom. The largest absolute Gasteiger partial charge is 0.356 e. The number of carbonyl (C=O) groups is 4. The molecule has 4 rings (SSSR count). The van der Waals surface area contributed by atoms with Crippen LogP contribution in [0.15, 0.2) is 72.8 Å². The number of likely N-dealkylation sites (tertiary alicyclic amines) is 1. The molecular formula is C39H54N6O4. The van der Waals surface area contributed by atoms with Crippen LogP contribution in [-0.2, 0) is 27.2 Å². The summed E-state index contributed by atoms with van der Waals surface area (Å²) in [6, 6.07) is 22.9. The van der Waals surface area contributed by atoms with E-state index in [1.807, 2.05) is 73.7 Å². The number of rotatable bonds is 18. The first-order valence-electron chi connectivity index (χ1n) is 17.9. The molecule has 0 aliphatic carbocycles. The Kier molecular flexibility index (Phi) is 14.9. The highest BCUT2D eigenvalue weighted by Gasteiger charge is 2.44. The predicted octanol–water partition coefficient (Wildman–Crippen LogP) is 4.45. The van der Waals surface area contributed by atoms with Gasteiger partial charge in [0, 0.05) is 45.6 Å². The topological polar surface area (TPSA) is 146 Å². The van der Waals surface area contributed by atoms with Crippen LogP contribution in [0.25, 0.3) is 10.8 Å². The number of benzene rings is 3. The number of urea groups is 1. The Labute approximate surface area is 291 Å². The lowest BCUT2D eigenvalue weighted by molar-refractivity contribution is -0.142. The number of unbranched alkanes of at least 4 members (excludes halogenated alkanes) is 3. The van der Waals surface area contributed by atoms with Crippen molar-refractivity contribution < 1.29 is 19.2 Å². The van der Waals surface area contributed by atoms with E-state index in [0.717, 1.165) is 47.6 Å². The van der Waals surface area contributed by atoms with Gasteiger partial charge in [0.05, 0.1) is 5.41 Å². The van der Waals surface area contributed by atoms with Gasteiger partial charge in [-0.3, -0.25) is 14.4 Å². The lowest BCUT2D eigenvalue weighted by atomic mass is 9.74. The molecule has 0 radical (unpaired) electrons. The van der Waals surface area contributed by atoms with Crippen LogP contribution in [0.5, 0.6) is 0 Å². The number of piperidine rings is 1. The predicted molar refractivity (Wildman–Crippen MR) is 195 cm³/mol. The summed E-state index contributed by atoms with van der Waals surface area (Å²) in [7, 11) is 0. The van der Waals surface area contributed by atoms with Gasteiger partial charge in [0.1, 0.15) is 6.04 Å². The molecule has 10 nitrogen and oxygen atoms in total. The average molecular weight is 671 g/mol. The highest BCUT2D eigenvalue weighted by molar-refractivity contribution is 5.90. The van der Waals surface area contributed by atoms with E-state index in [1.54, 1.807) is 4.90 Å². The third-order valence-corrected chi connectivity index (χ3v) is 9.27. The third-order valence-electron chi connectivity index (χ3n) is 9.27. The molecule has 2 atom stereocenters. The van der Waals surface area contributed by atoms with E-state index in [0.29, 0.717) is 71.2 Å². The minimum absolute atomic E-state index is 0.0374. The summed E-state index contributed by atoms with van der Waals surface area (Å²) in [5, 5.41) is 14.0.